The smallest absolute Gasteiger partial charge is 0.151 e. The van der Waals surface area contributed by atoms with Crippen molar-refractivity contribution in [3.8, 4) is 17.6 Å². The van der Waals surface area contributed by atoms with Gasteiger partial charge in [0.2, 0.25) is 0 Å². The molecule has 1 atom stereocenters. The van der Waals surface area contributed by atoms with Gasteiger partial charge in [0.15, 0.2) is 6.61 Å². The zero-order valence-electron chi connectivity index (χ0n) is 10.6. The maximum absolute atomic E-state index is 8.55. The fraction of sp³-hybridized carbons (Fsp3) is 0.357. The molecule has 0 aliphatic carbocycles. The minimum absolute atomic E-state index is 0.667. The molecule has 0 aliphatic heterocycles. The molecule has 0 amide bonds. The summed E-state index contributed by atoms with van der Waals surface area (Å²) in [6.07, 6.45) is 0. The number of hydrogen-bond donors (Lipinski definition) is 1. The molecule has 0 saturated heterocycles. The van der Waals surface area contributed by atoms with E-state index in [1.54, 1.807) is 7.11 Å². The molecule has 0 aromatic heterocycles. The summed E-state index contributed by atoms with van der Waals surface area (Å²) in [6, 6.07) is 8.00. The second-order valence-corrected chi connectivity index (χ2v) is 4.02. The summed E-state index contributed by atoms with van der Waals surface area (Å²) in [5.41, 5.74) is 1.18. The van der Waals surface area contributed by atoms with Crippen molar-refractivity contribution in [1.29, 1.82) is 0 Å². The highest BCUT2D eigenvalue weighted by Gasteiger charge is 2.21. The summed E-state index contributed by atoms with van der Waals surface area (Å²) in [5.74, 6) is 6.36. The standard InChI is InChI=1S/C14H19NO2/c1-4-15(2,11-5-6-12-16)13-7-9-14(17-3)10-8-13/h7-10,12,16H,4,11H2,1-3H3/q+1. The largest absolute Gasteiger partial charge is 0.497 e. The molecule has 1 N–H and O–H groups in total. The molecular weight excluding hydrogens is 214 g/mol. The Morgan fingerprint density at radius 3 is 2.47 bits per heavy atom. The van der Waals surface area contributed by atoms with Gasteiger partial charge in [0.25, 0.3) is 0 Å². The second-order valence-electron chi connectivity index (χ2n) is 4.02. The molecule has 0 fully saturated rings. The van der Waals surface area contributed by atoms with Crippen LogP contribution in [0, 0.1) is 18.4 Å². The molecule has 1 aromatic carbocycles. The fourth-order valence-electron chi connectivity index (χ4n) is 1.59. The van der Waals surface area contributed by atoms with Crippen molar-refractivity contribution in [2.45, 2.75) is 6.92 Å². The Bertz CT molecular complexity index is 402. The third-order valence-corrected chi connectivity index (χ3v) is 2.99. The zero-order valence-corrected chi connectivity index (χ0v) is 10.6. The van der Waals surface area contributed by atoms with E-state index in [0.29, 0.717) is 11.0 Å². The van der Waals surface area contributed by atoms with E-state index >= 15 is 0 Å². The normalized spacial score (nSPS) is 13.4. The molecule has 0 spiro atoms. The fourth-order valence-corrected chi connectivity index (χ4v) is 1.59. The number of aliphatic hydroxyl groups is 1. The van der Waals surface area contributed by atoms with Gasteiger partial charge in [-0.3, -0.25) is 4.48 Å². The third-order valence-electron chi connectivity index (χ3n) is 2.99. The molecule has 91 valence electrons. The molecule has 0 saturated carbocycles. The van der Waals surface area contributed by atoms with Gasteiger partial charge < -0.3 is 9.84 Å². The average molecular weight is 233 g/mol. The van der Waals surface area contributed by atoms with Crippen LogP contribution in [-0.4, -0.2) is 32.4 Å². The van der Waals surface area contributed by atoms with Crippen molar-refractivity contribution in [2.24, 2.45) is 0 Å². The highest BCUT2D eigenvalue weighted by molar-refractivity contribution is 5.46. The highest BCUT2D eigenvalue weighted by Crippen LogP contribution is 2.23. The molecule has 0 bridgehead atoms. The number of ether oxygens (including phenoxy) is 1. The molecule has 1 radical (unpaired) electrons. The molecule has 1 unspecified atom stereocenters. The number of aliphatic hydroxyl groups excluding tert-OH is 1. The summed E-state index contributed by atoms with van der Waals surface area (Å²) in [4.78, 5) is 0. The van der Waals surface area contributed by atoms with Crippen molar-refractivity contribution < 1.29 is 9.84 Å². The van der Waals surface area contributed by atoms with Gasteiger partial charge in [0.1, 0.15) is 18.0 Å². The molecule has 3 heteroatoms. The molecular formula is C14H19NO2+. The van der Waals surface area contributed by atoms with Gasteiger partial charge in [0.05, 0.1) is 20.7 Å². The molecule has 1 rings (SSSR count). The van der Waals surface area contributed by atoms with E-state index in [4.69, 9.17) is 9.84 Å². The lowest BCUT2D eigenvalue weighted by Crippen LogP contribution is -2.45. The quantitative estimate of drug-likeness (QED) is 0.638. The van der Waals surface area contributed by atoms with E-state index < -0.39 is 0 Å². The molecule has 17 heavy (non-hydrogen) atoms. The maximum Gasteiger partial charge on any atom is 0.151 e. The number of quaternary nitrogens is 1. The van der Waals surface area contributed by atoms with Gasteiger partial charge in [-0.1, -0.05) is 5.92 Å². The lowest BCUT2D eigenvalue weighted by Gasteiger charge is -2.30. The van der Waals surface area contributed by atoms with E-state index in [-0.39, 0.29) is 0 Å². The Morgan fingerprint density at radius 1 is 1.35 bits per heavy atom. The predicted molar refractivity (Wildman–Crippen MR) is 70.1 cm³/mol. The Hall–Kier alpha value is -1.50. The van der Waals surface area contributed by atoms with Crippen LogP contribution in [0.5, 0.6) is 5.75 Å². The first kappa shape index (κ1) is 13.6. The van der Waals surface area contributed by atoms with Crippen molar-refractivity contribution in [3.05, 3.63) is 30.9 Å². The Morgan fingerprint density at radius 2 is 2.00 bits per heavy atom. The van der Waals surface area contributed by atoms with Crippen LogP contribution in [0.25, 0.3) is 0 Å². The lowest BCUT2D eigenvalue weighted by molar-refractivity contribution is 0.385. The Balaban J connectivity index is 2.90. The van der Waals surface area contributed by atoms with Crippen LogP contribution in [0.15, 0.2) is 24.3 Å². The highest BCUT2D eigenvalue weighted by atomic mass is 16.5. The predicted octanol–water partition coefficient (Wildman–Crippen LogP) is 2.19. The van der Waals surface area contributed by atoms with Gasteiger partial charge in [-0.25, -0.2) is 0 Å². The lowest BCUT2D eigenvalue weighted by atomic mass is 10.2. The first-order chi connectivity index (χ1) is 8.16. The number of methoxy groups -OCH3 is 1. The van der Waals surface area contributed by atoms with Crippen LogP contribution in [0.1, 0.15) is 6.92 Å². The van der Waals surface area contributed by atoms with E-state index in [2.05, 4.69) is 25.8 Å². The van der Waals surface area contributed by atoms with Crippen molar-refractivity contribution in [3.63, 3.8) is 0 Å². The van der Waals surface area contributed by atoms with Crippen molar-refractivity contribution in [1.82, 2.24) is 4.48 Å². The van der Waals surface area contributed by atoms with Gasteiger partial charge in [-0.2, -0.15) is 0 Å². The van der Waals surface area contributed by atoms with Crippen LogP contribution >= 0.6 is 0 Å². The van der Waals surface area contributed by atoms with Crippen molar-refractivity contribution >= 4 is 5.69 Å². The van der Waals surface area contributed by atoms with Gasteiger partial charge in [-0.05, 0) is 25.0 Å². The Kier molecular flexibility index (Phi) is 5.02. The maximum atomic E-state index is 8.55. The van der Waals surface area contributed by atoms with Gasteiger partial charge in [0, 0.05) is 12.1 Å². The van der Waals surface area contributed by atoms with Gasteiger partial charge in [-0.15, -0.1) is 0 Å². The second kappa shape index (κ2) is 6.29. The van der Waals surface area contributed by atoms with Crippen molar-refractivity contribution in [2.75, 3.05) is 27.2 Å². The van der Waals surface area contributed by atoms with E-state index in [9.17, 15) is 0 Å². The van der Waals surface area contributed by atoms with Crippen LogP contribution in [0.4, 0.5) is 5.69 Å². The van der Waals surface area contributed by atoms with E-state index in [0.717, 1.165) is 18.9 Å². The summed E-state index contributed by atoms with van der Waals surface area (Å²) >= 11 is 0. The number of rotatable bonds is 4. The van der Waals surface area contributed by atoms with E-state index in [1.165, 1.54) is 5.69 Å². The summed E-state index contributed by atoms with van der Waals surface area (Å²) in [5, 5.41) is 8.55. The van der Waals surface area contributed by atoms with E-state index in [1.807, 2.05) is 24.3 Å². The molecule has 1 aromatic rings. The summed E-state index contributed by atoms with van der Waals surface area (Å²) < 4.78 is 5.85. The summed E-state index contributed by atoms with van der Waals surface area (Å²) in [7, 11) is 3.78. The van der Waals surface area contributed by atoms with Crippen LogP contribution in [0.3, 0.4) is 0 Å². The minimum atomic E-state index is 0.667. The van der Waals surface area contributed by atoms with Crippen LogP contribution in [0.2, 0.25) is 0 Å². The average Bonchev–Trinajstić information content (AvgIpc) is 2.39. The number of benzene rings is 1. The first-order valence-electron chi connectivity index (χ1n) is 5.59. The minimum Gasteiger partial charge on any atom is -0.497 e. The zero-order chi connectivity index (χ0) is 12.7. The SMILES string of the molecule is CC[N+](C)(CC#C[CH]O)c1ccc(OC)cc1. The van der Waals surface area contributed by atoms with Crippen LogP contribution < -0.4 is 9.22 Å². The Labute approximate surface area is 103 Å². The van der Waals surface area contributed by atoms with Gasteiger partial charge >= 0.3 is 0 Å². The number of nitrogens with zero attached hydrogens (tertiary/aromatic N) is 1. The monoisotopic (exact) mass is 233 g/mol. The third kappa shape index (κ3) is 3.48. The topological polar surface area (TPSA) is 29.5 Å². The van der Waals surface area contributed by atoms with Crippen LogP contribution in [-0.2, 0) is 0 Å². The first-order valence-corrected chi connectivity index (χ1v) is 5.59. The molecule has 0 heterocycles. The molecule has 3 nitrogen and oxygen atoms in total. The summed E-state index contributed by atoms with van der Waals surface area (Å²) in [6.45, 7) is 4.61. The molecule has 0 aliphatic rings. The number of hydrogen-bond acceptors (Lipinski definition) is 2.